The van der Waals surface area contributed by atoms with E-state index in [0.717, 1.165) is 5.56 Å². The summed E-state index contributed by atoms with van der Waals surface area (Å²) in [5, 5.41) is 2.85. The van der Waals surface area contributed by atoms with Crippen LogP contribution in [0, 0.1) is 6.92 Å². The molecule has 5 heteroatoms. The SMILES string of the molecule is Cc1nc(C(C)(C)C)[nH]c(=O)c1C(=O)NC(C)c1ccccc1. The van der Waals surface area contributed by atoms with E-state index in [4.69, 9.17) is 0 Å². The van der Waals surface area contributed by atoms with E-state index in [-0.39, 0.29) is 17.0 Å². The molecule has 0 aliphatic rings. The van der Waals surface area contributed by atoms with Crippen molar-refractivity contribution in [2.45, 2.75) is 46.1 Å². The predicted octanol–water partition coefficient (Wildman–Crippen LogP) is 2.87. The number of aromatic amines is 1. The maximum Gasteiger partial charge on any atom is 0.264 e. The number of rotatable bonds is 3. The van der Waals surface area contributed by atoms with Gasteiger partial charge in [0, 0.05) is 5.41 Å². The fraction of sp³-hybridized carbons (Fsp3) is 0.389. The molecule has 1 aromatic heterocycles. The topological polar surface area (TPSA) is 74.8 Å². The van der Waals surface area contributed by atoms with Gasteiger partial charge in [0.2, 0.25) is 0 Å². The number of aromatic nitrogens is 2. The van der Waals surface area contributed by atoms with Crippen LogP contribution in [-0.4, -0.2) is 15.9 Å². The summed E-state index contributed by atoms with van der Waals surface area (Å²) in [5.74, 6) is 0.167. The van der Waals surface area contributed by atoms with Crippen molar-refractivity contribution in [2.24, 2.45) is 0 Å². The standard InChI is InChI=1S/C18H23N3O2/c1-11(13-9-7-6-8-10-13)19-15(22)14-12(2)20-17(18(3,4)5)21-16(14)23/h6-11H,1-5H3,(H,19,22)(H,20,21,23). The summed E-state index contributed by atoms with van der Waals surface area (Å²) in [6, 6.07) is 9.42. The molecule has 1 aromatic carbocycles. The molecule has 1 atom stereocenters. The minimum absolute atomic E-state index is 0.0702. The number of amides is 1. The van der Waals surface area contributed by atoms with E-state index in [0.29, 0.717) is 11.5 Å². The maximum absolute atomic E-state index is 12.5. The molecule has 0 saturated heterocycles. The molecule has 2 aromatic rings. The van der Waals surface area contributed by atoms with Gasteiger partial charge in [0.25, 0.3) is 11.5 Å². The zero-order valence-corrected chi connectivity index (χ0v) is 14.2. The van der Waals surface area contributed by atoms with Gasteiger partial charge in [-0.15, -0.1) is 0 Å². The smallest absolute Gasteiger partial charge is 0.264 e. The molecule has 0 aliphatic carbocycles. The third-order valence-corrected chi connectivity index (χ3v) is 3.68. The number of aryl methyl sites for hydroxylation is 1. The normalized spacial score (nSPS) is 12.7. The van der Waals surface area contributed by atoms with Crippen LogP contribution in [0.3, 0.4) is 0 Å². The van der Waals surface area contributed by atoms with Crippen molar-refractivity contribution in [1.82, 2.24) is 15.3 Å². The summed E-state index contributed by atoms with van der Waals surface area (Å²) in [4.78, 5) is 31.9. The van der Waals surface area contributed by atoms with Crippen LogP contribution >= 0.6 is 0 Å². The minimum atomic E-state index is -0.409. The van der Waals surface area contributed by atoms with Crippen LogP contribution < -0.4 is 10.9 Å². The summed E-state index contributed by atoms with van der Waals surface area (Å²) in [6.45, 7) is 9.45. The molecule has 0 radical (unpaired) electrons. The van der Waals surface area contributed by atoms with Gasteiger partial charge in [-0.2, -0.15) is 0 Å². The lowest BCUT2D eigenvalue weighted by Crippen LogP contribution is -2.35. The summed E-state index contributed by atoms with van der Waals surface area (Å²) in [5.41, 5.74) is 0.808. The molecule has 1 heterocycles. The van der Waals surface area contributed by atoms with Crippen molar-refractivity contribution in [2.75, 3.05) is 0 Å². The summed E-state index contributed by atoms with van der Waals surface area (Å²) in [7, 11) is 0. The summed E-state index contributed by atoms with van der Waals surface area (Å²) < 4.78 is 0. The Morgan fingerprint density at radius 1 is 1.22 bits per heavy atom. The molecule has 1 amide bonds. The molecule has 2 rings (SSSR count). The molecule has 2 N–H and O–H groups in total. The Bertz CT molecular complexity index is 758. The average molecular weight is 313 g/mol. The highest BCUT2D eigenvalue weighted by Crippen LogP contribution is 2.18. The maximum atomic E-state index is 12.5. The second kappa shape index (κ2) is 6.36. The first kappa shape index (κ1) is 16.9. The van der Waals surface area contributed by atoms with Crippen molar-refractivity contribution in [3.8, 4) is 0 Å². The van der Waals surface area contributed by atoms with Crippen LogP contribution in [0.4, 0.5) is 0 Å². The number of carbonyl (C=O) groups is 1. The van der Waals surface area contributed by atoms with Crippen molar-refractivity contribution in [3.05, 3.63) is 63.3 Å². The average Bonchev–Trinajstić information content (AvgIpc) is 2.46. The Morgan fingerprint density at radius 3 is 2.35 bits per heavy atom. The number of carbonyl (C=O) groups excluding carboxylic acids is 1. The number of benzene rings is 1. The molecule has 122 valence electrons. The summed E-state index contributed by atoms with van der Waals surface area (Å²) in [6.07, 6.45) is 0. The fourth-order valence-electron chi connectivity index (χ4n) is 2.30. The fourth-order valence-corrected chi connectivity index (χ4v) is 2.30. The van der Waals surface area contributed by atoms with Crippen LogP contribution in [0.5, 0.6) is 0 Å². The van der Waals surface area contributed by atoms with Crippen LogP contribution in [0.1, 0.15) is 61.2 Å². The Morgan fingerprint density at radius 2 is 1.83 bits per heavy atom. The molecular formula is C18H23N3O2. The Balaban J connectivity index is 2.28. The van der Waals surface area contributed by atoms with Crippen molar-refractivity contribution in [3.63, 3.8) is 0 Å². The molecule has 0 aliphatic heterocycles. The largest absolute Gasteiger partial charge is 0.345 e. The zero-order valence-electron chi connectivity index (χ0n) is 14.2. The van der Waals surface area contributed by atoms with Gasteiger partial charge in [0.1, 0.15) is 11.4 Å². The lowest BCUT2D eigenvalue weighted by Gasteiger charge is -2.19. The molecule has 23 heavy (non-hydrogen) atoms. The first-order valence-corrected chi connectivity index (χ1v) is 7.67. The van der Waals surface area contributed by atoms with Gasteiger partial charge in [-0.3, -0.25) is 9.59 Å². The number of nitrogens with one attached hydrogen (secondary N) is 2. The van der Waals surface area contributed by atoms with Crippen molar-refractivity contribution >= 4 is 5.91 Å². The number of nitrogens with zero attached hydrogens (tertiary/aromatic N) is 1. The Kier molecular flexibility index (Phi) is 4.68. The van der Waals surface area contributed by atoms with E-state index in [1.54, 1.807) is 6.92 Å². The molecule has 0 saturated carbocycles. The highest BCUT2D eigenvalue weighted by Gasteiger charge is 2.23. The van der Waals surface area contributed by atoms with Crippen LogP contribution in [-0.2, 0) is 5.41 Å². The molecule has 0 spiro atoms. The lowest BCUT2D eigenvalue weighted by atomic mass is 9.95. The van der Waals surface area contributed by atoms with Crippen LogP contribution in [0.2, 0.25) is 0 Å². The molecule has 0 bridgehead atoms. The summed E-state index contributed by atoms with van der Waals surface area (Å²) >= 11 is 0. The van der Waals surface area contributed by atoms with E-state index in [9.17, 15) is 9.59 Å². The third-order valence-electron chi connectivity index (χ3n) is 3.68. The first-order chi connectivity index (χ1) is 10.7. The third kappa shape index (κ3) is 3.86. The van der Waals surface area contributed by atoms with Crippen molar-refractivity contribution in [1.29, 1.82) is 0 Å². The highest BCUT2D eigenvalue weighted by atomic mass is 16.2. The van der Waals surface area contributed by atoms with Crippen molar-refractivity contribution < 1.29 is 4.79 Å². The van der Waals surface area contributed by atoms with E-state index in [1.165, 1.54) is 0 Å². The van der Waals surface area contributed by atoms with Gasteiger partial charge >= 0.3 is 0 Å². The number of hydrogen-bond donors (Lipinski definition) is 2. The van der Waals surface area contributed by atoms with Crippen LogP contribution in [0.15, 0.2) is 35.1 Å². The van der Waals surface area contributed by atoms with Gasteiger partial charge in [0.15, 0.2) is 0 Å². The Labute approximate surface area is 136 Å². The van der Waals surface area contributed by atoms with E-state index < -0.39 is 11.5 Å². The van der Waals surface area contributed by atoms with Gasteiger partial charge in [-0.05, 0) is 19.4 Å². The quantitative estimate of drug-likeness (QED) is 0.915. The first-order valence-electron chi connectivity index (χ1n) is 7.67. The molecule has 5 nitrogen and oxygen atoms in total. The highest BCUT2D eigenvalue weighted by molar-refractivity contribution is 5.95. The molecular weight excluding hydrogens is 290 g/mol. The number of hydrogen-bond acceptors (Lipinski definition) is 3. The Hall–Kier alpha value is -2.43. The van der Waals surface area contributed by atoms with E-state index in [1.807, 2.05) is 58.0 Å². The predicted molar refractivity (Wildman–Crippen MR) is 90.6 cm³/mol. The molecule has 1 unspecified atom stereocenters. The van der Waals surface area contributed by atoms with E-state index in [2.05, 4.69) is 15.3 Å². The minimum Gasteiger partial charge on any atom is -0.345 e. The second-order valence-corrected chi connectivity index (χ2v) is 6.73. The lowest BCUT2D eigenvalue weighted by molar-refractivity contribution is 0.0937. The monoisotopic (exact) mass is 313 g/mol. The van der Waals surface area contributed by atoms with Gasteiger partial charge in [-0.1, -0.05) is 51.1 Å². The number of H-pyrrole nitrogens is 1. The van der Waals surface area contributed by atoms with Crippen LogP contribution in [0.25, 0.3) is 0 Å². The zero-order chi connectivity index (χ0) is 17.2. The van der Waals surface area contributed by atoms with E-state index >= 15 is 0 Å². The molecule has 0 fully saturated rings. The second-order valence-electron chi connectivity index (χ2n) is 6.73. The van der Waals surface area contributed by atoms with Gasteiger partial charge in [-0.25, -0.2) is 4.98 Å². The van der Waals surface area contributed by atoms with Gasteiger partial charge in [0.05, 0.1) is 11.7 Å². The van der Waals surface area contributed by atoms with Gasteiger partial charge < -0.3 is 10.3 Å².